The molecule has 0 fully saturated rings. The average molecular weight is 246 g/mol. The van der Waals surface area contributed by atoms with Gasteiger partial charge in [-0.1, -0.05) is 6.07 Å². The molecular weight excluding hydrogens is 232 g/mol. The molecule has 0 unspecified atom stereocenters. The summed E-state index contributed by atoms with van der Waals surface area (Å²) in [5, 5.41) is 0.964. The van der Waals surface area contributed by atoms with Crippen LogP contribution in [0.1, 0.15) is 21.6 Å². The van der Waals surface area contributed by atoms with Gasteiger partial charge in [0.25, 0.3) is 5.91 Å². The topological polar surface area (TPSA) is 85.2 Å². The number of hydrogen-bond acceptors (Lipinski definition) is 3. The number of fused-ring (bicyclic) bond motifs is 1. The van der Waals surface area contributed by atoms with Gasteiger partial charge < -0.3 is 15.5 Å². The van der Waals surface area contributed by atoms with Crippen LogP contribution in [0, 0.1) is 13.8 Å². The average Bonchev–Trinajstić information content (AvgIpc) is 2.69. The number of hydrogen-bond donors (Lipinski definition) is 2. The molecule has 5 heteroatoms. The second kappa shape index (κ2) is 4.52. The third-order valence-electron chi connectivity index (χ3n) is 2.65. The van der Waals surface area contributed by atoms with Crippen LogP contribution in [-0.4, -0.2) is 23.5 Å². The third-order valence-corrected chi connectivity index (χ3v) is 2.65. The minimum atomic E-state index is -0.675. The molecule has 0 saturated heterocycles. The monoisotopic (exact) mass is 246 g/mol. The van der Waals surface area contributed by atoms with E-state index in [4.69, 9.17) is 10.5 Å². The van der Waals surface area contributed by atoms with Gasteiger partial charge in [0.15, 0.2) is 6.61 Å². The highest BCUT2D eigenvalue weighted by Gasteiger charge is 2.13. The normalized spacial score (nSPS) is 10.6. The molecule has 0 radical (unpaired) electrons. The fourth-order valence-corrected chi connectivity index (χ4v) is 1.92. The maximum atomic E-state index is 11.7. The number of carbonyl (C=O) groups is 2. The molecular formula is C13H14N2O3. The van der Waals surface area contributed by atoms with Crippen molar-refractivity contribution >= 4 is 22.8 Å². The molecule has 5 nitrogen and oxygen atoms in total. The molecule has 2 aromatic rings. The number of amides is 1. The number of aromatic nitrogens is 1. The molecule has 0 aliphatic rings. The van der Waals surface area contributed by atoms with Crippen LogP contribution in [0.25, 0.3) is 10.9 Å². The molecule has 1 aromatic heterocycles. The molecule has 1 amide bonds. The molecule has 3 N–H and O–H groups in total. The number of esters is 1. The lowest BCUT2D eigenvalue weighted by atomic mass is 10.1. The molecule has 1 heterocycles. The fraction of sp³-hybridized carbons (Fsp3) is 0.231. The Morgan fingerprint density at radius 2 is 2.00 bits per heavy atom. The van der Waals surface area contributed by atoms with Gasteiger partial charge >= 0.3 is 5.97 Å². The smallest absolute Gasteiger partial charge is 0.355 e. The highest BCUT2D eigenvalue weighted by atomic mass is 16.5. The van der Waals surface area contributed by atoms with Crippen LogP contribution in [0.2, 0.25) is 0 Å². The minimum absolute atomic E-state index is 0.319. The van der Waals surface area contributed by atoms with Gasteiger partial charge in [-0.3, -0.25) is 4.79 Å². The van der Waals surface area contributed by atoms with E-state index in [1.165, 1.54) is 0 Å². The first-order valence-electron chi connectivity index (χ1n) is 5.53. The first-order chi connectivity index (χ1) is 8.47. The van der Waals surface area contributed by atoms with Gasteiger partial charge in [-0.15, -0.1) is 0 Å². The Hall–Kier alpha value is -2.30. The number of nitrogens with one attached hydrogen (secondary N) is 1. The largest absolute Gasteiger partial charge is 0.451 e. The molecule has 0 bridgehead atoms. The van der Waals surface area contributed by atoms with E-state index in [1.54, 1.807) is 6.07 Å². The lowest BCUT2D eigenvalue weighted by Crippen LogP contribution is -2.21. The molecule has 18 heavy (non-hydrogen) atoms. The highest BCUT2D eigenvalue weighted by Crippen LogP contribution is 2.21. The van der Waals surface area contributed by atoms with Crippen LogP contribution in [0.4, 0.5) is 0 Å². The molecule has 0 atom stereocenters. The van der Waals surface area contributed by atoms with Crippen molar-refractivity contribution in [2.24, 2.45) is 5.73 Å². The number of nitrogens with two attached hydrogens (primary N) is 1. The number of ether oxygens (including phenoxy) is 1. The second-order valence-corrected chi connectivity index (χ2v) is 4.27. The van der Waals surface area contributed by atoms with Crippen LogP contribution in [0.5, 0.6) is 0 Å². The van der Waals surface area contributed by atoms with Gasteiger partial charge in [-0.2, -0.15) is 0 Å². The van der Waals surface area contributed by atoms with Crippen molar-refractivity contribution in [2.45, 2.75) is 13.8 Å². The van der Waals surface area contributed by atoms with Crippen molar-refractivity contribution in [3.8, 4) is 0 Å². The van der Waals surface area contributed by atoms with Gasteiger partial charge in [-0.05, 0) is 37.1 Å². The summed E-state index contributed by atoms with van der Waals surface area (Å²) in [5.41, 5.74) is 8.29. The summed E-state index contributed by atoms with van der Waals surface area (Å²) in [6.07, 6.45) is 0. The molecule has 0 aliphatic heterocycles. The molecule has 2 rings (SSSR count). The number of benzene rings is 1. The zero-order valence-electron chi connectivity index (χ0n) is 10.2. The summed E-state index contributed by atoms with van der Waals surface area (Å²) in [6, 6.07) is 5.70. The van der Waals surface area contributed by atoms with E-state index in [2.05, 4.69) is 4.98 Å². The Labute approximate surface area is 104 Å². The van der Waals surface area contributed by atoms with Gasteiger partial charge in [0.2, 0.25) is 0 Å². The zero-order chi connectivity index (χ0) is 13.3. The quantitative estimate of drug-likeness (QED) is 0.803. The molecule has 1 aromatic carbocycles. The van der Waals surface area contributed by atoms with Crippen molar-refractivity contribution in [1.29, 1.82) is 0 Å². The van der Waals surface area contributed by atoms with Crippen molar-refractivity contribution in [3.63, 3.8) is 0 Å². The van der Waals surface area contributed by atoms with Gasteiger partial charge in [-0.25, -0.2) is 4.79 Å². The Kier molecular flexibility index (Phi) is 3.06. The van der Waals surface area contributed by atoms with E-state index in [0.29, 0.717) is 5.69 Å². The second-order valence-electron chi connectivity index (χ2n) is 4.27. The van der Waals surface area contributed by atoms with E-state index in [0.717, 1.165) is 22.0 Å². The van der Waals surface area contributed by atoms with Gasteiger partial charge in [0.1, 0.15) is 5.69 Å². The van der Waals surface area contributed by atoms with Crippen molar-refractivity contribution in [2.75, 3.05) is 6.61 Å². The van der Waals surface area contributed by atoms with E-state index < -0.39 is 18.5 Å². The predicted molar refractivity (Wildman–Crippen MR) is 67.2 cm³/mol. The number of rotatable bonds is 3. The summed E-state index contributed by atoms with van der Waals surface area (Å²) in [4.78, 5) is 25.2. The standard InChI is InChI=1S/C13H14N2O3/c1-7-3-8(2)9-5-11(15-10(9)4-7)13(17)18-6-12(14)16/h3-5,15H,6H2,1-2H3,(H2,14,16). The van der Waals surface area contributed by atoms with E-state index in [-0.39, 0.29) is 0 Å². The Bertz CT molecular complexity index is 628. The lowest BCUT2D eigenvalue weighted by Gasteiger charge is -1.98. The van der Waals surface area contributed by atoms with Crippen molar-refractivity contribution in [3.05, 3.63) is 35.0 Å². The number of primary amides is 1. The van der Waals surface area contributed by atoms with Crippen LogP contribution in [0.3, 0.4) is 0 Å². The predicted octanol–water partition coefficient (Wildman–Crippen LogP) is 1.43. The number of carbonyl (C=O) groups excluding carboxylic acids is 2. The fourth-order valence-electron chi connectivity index (χ4n) is 1.92. The Balaban J connectivity index is 2.32. The third kappa shape index (κ3) is 2.34. The number of aromatic amines is 1. The van der Waals surface area contributed by atoms with E-state index in [1.807, 2.05) is 26.0 Å². The number of H-pyrrole nitrogens is 1. The minimum Gasteiger partial charge on any atom is -0.451 e. The first-order valence-corrected chi connectivity index (χ1v) is 5.53. The summed E-state index contributed by atoms with van der Waals surface area (Å²) in [7, 11) is 0. The Morgan fingerprint density at radius 1 is 1.28 bits per heavy atom. The highest BCUT2D eigenvalue weighted by molar-refractivity contribution is 5.96. The lowest BCUT2D eigenvalue weighted by molar-refractivity contribution is -0.121. The maximum Gasteiger partial charge on any atom is 0.355 e. The summed E-state index contributed by atoms with van der Waals surface area (Å²) >= 11 is 0. The summed E-state index contributed by atoms with van der Waals surface area (Å²) in [6.45, 7) is 3.55. The number of aryl methyl sites for hydroxylation is 2. The van der Waals surface area contributed by atoms with Crippen LogP contribution in [0.15, 0.2) is 18.2 Å². The van der Waals surface area contributed by atoms with Crippen LogP contribution in [-0.2, 0) is 9.53 Å². The Morgan fingerprint density at radius 3 is 2.67 bits per heavy atom. The molecule has 0 spiro atoms. The summed E-state index contributed by atoms with van der Waals surface area (Å²) < 4.78 is 4.74. The van der Waals surface area contributed by atoms with Crippen LogP contribution >= 0.6 is 0 Å². The zero-order valence-corrected chi connectivity index (χ0v) is 10.2. The van der Waals surface area contributed by atoms with Crippen molar-refractivity contribution in [1.82, 2.24) is 4.98 Å². The van der Waals surface area contributed by atoms with Crippen LogP contribution < -0.4 is 5.73 Å². The summed E-state index contributed by atoms with van der Waals surface area (Å²) in [5.74, 6) is -1.26. The molecule has 0 aliphatic carbocycles. The maximum absolute atomic E-state index is 11.7. The van der Waals surface area contributed by atoms with E-state index >= 15 is 0 Å². The molecule has 94 valence electrons. The molecule has 0 saturated carbocycles. The van der Waals surface area contributed by atoms with Gasteiger partial charge in [0, 0.05) is 10.9 Å². The SMILES string of the molecule is Cc1cc(C)c2cc(C(=O)OCC(N)=O)[nH]c2c1. The van der Waals surface area contributed by atoms with E-state index in [9.17, 15) is 9.59 Å². The first kappa shape index (κ1) is 12.2. The van der Waals surface area contributed by atoms with Crippen molar-refractivity contribution < 1.29 is 14.3 Å². The van der Waals surface area contributed by atoms with Gasteiger partial charge in [0.05, 0.1) is 0 Å².